The SMILES string of the molecule is NC(=O)Cn1nc(N2CCCCC2)c2nnn(C3OC(CO)C(O)C3O)c(=O)c21. The zero-order chi connectivity index (χ0) is 20.7. The number of aromatic nitrogens is 5. The number of nitrogens with two attached hydrogens (primary N) is 1. The van der Waals surface area contributed by atoms with Crippen LogP contribution in [-0.4, -0.2) is 84.0 Å². The van der Waals surface area contributed by atoms with Gasteiger partial charge in [0.15, 0.2) is 23.1 Å². The van der Waals surface area contributed by atoms with Crippen LogP contribution in [0.5, 0.6) is 0 Å². The van der Waals surface area contributed by atoms with Crippen LogP contribution in [-0.2, 0) is 16.1 Å². The lowest BCUT2D eigenvalue weighted by Crippen LogP contribution is -2.37. The van der Waals surface area contributed by atoms with Crippen molar-refractivity contribution in [2.24, 2.45) is 5.73 Å². The minimum atomic E-state index is -1.49. The second-order valence-electron chi connectivity index (χ2n) is 7.26. The van der Waals surface area contributed by atoms with Gasteiger partial charge >= 0.3 is 0 Å². The fourth-order valence-corrected chi connectivity index (χ4v) is 3.81. The van der Waals surface area contributed by atoms with Gasteiger partial charge in [0, 0.05) is 13.1 Å². The lowest BCUT2D eigenvalue weighted by Gasteiger charge is -2.26. The standard InChI is InChI=1S/C16H23N7O6/c17-9(25)6-22-11-10(14(19-22)21-4-2-1-3-5-21)18-20-23(15(11)28)16-13(27)12(26)8(7-24)29-16/h8,12-13,16,24,26-27H,1-7H2,(H2,17,25). The molecule has 4 atom stereocenters. The number of fused-ring (bicyclic) bond motifs is 1. The Morgan fingerprint density at radius 3 is 2.55 bits per heavy atom. The third-order valence-electron chi connectivity index (χ3n) is 5.28. The summed E-state index contributed by atoms with van der Waals surface area (Å²) < 4.78 is 7.33. The molecule has 2 aliphatic rings. The minimum Gasteiger partial charge on any atom is -0.394 e. The Morgan fingerprint density at radius 2 is 1.93 bits per heavy atom. The average Bonchev–Trinajstić information content (AvgIpc) is 3.21. The summed E-state index contributed by atoms with van der Waals surface area (Å²) in [5.41, 5.74) is 4.82. The maximum absolute atomic E-state index is 13.2. The van der Waals surface area contributed by atoms with Crippen molar-refractivity contribution in [3.63, 3.8) is 0 Å². The molecule has 0 aliphatic carbocycles. The summed E-state index contributed by atoms with van der Waals surface area (Å²) in [5.74, 6) is -0.242. The molecule has 0 radical (unpaired) electrons. The third-order valence-corrected chi connectivity index (χ3v) is 5.28. The number of anilines is 1. The normalized spacial score (nSPS) is 27.6. The largest absolute Gasteiger partial charge is 0.394 e. The maximum Gasteiger partial charge on any atom is 0.298 e. The highest BCUT2D eigenvalue weighted by Gasteiger charge is 2.45. The predicted molar refractivity (Wildman–Crippen MR) is 97.9 cm³/mol. The zero-order valence-corrected chi connectivity index (χ0v) is 15.6. The molecule has 13 nitrogen and oxygen atoms in total. The number of ether oxygens (including phenoxy) is 1. The fourth-order valence-electron chi connectivity index (χ4n) is 3.81. The van der Waals surface area contributed by atoms with Gasteiger partial charge in [-0.25, -0.2) is 4.68 Å². The van der Waals surface area contributed by atoms with Crippen molar-refractivity contribution in [3.05, 3.63) is 10.4 Å². The Kier molecular flexibility index (Phi) is 5.21. The molecule has 0 saturated carbocycles. The van der Waals surface area contributed by atoms with Crippen LogP contribution in [0, 0.1) is 0 Å². The molecule has 0 spiro atoms. The second-order valence-corrected chi connectivity index (χ2v) is 7.26. The summed E-state index contributed by atoms with van der Waals surface area (Å²) in [7, 11) is 0. The van der Waals surface area contributed by atoms with Gasteiger partial charge in [-0.15, -0.1) is 5.10 Å². The highest BCUT2D eigenvalue weighted by molar-refractivity contribution is 5.87. The molecular weight excluding hydrogens is 386 g/mol. The van der Waals surface area contributed by atoms with Gasteiger partial charge in [0.1, 0.15) is 24.9 Å². The van der Waals surface area contributed by atoms with E-state index < -0.39 is 42.6 Å². The molecule has 4 unspecified atom stereocenters. The van der Waals surface area contributed by atoms with E-state index in [4.69, 9.17) is 10.5 Å². The van der Waals surface area contributed by atoms with E-state index in [0.29, 0.717) is 5.82 Å². The lowest BCUT2D eigenvalue weighted by atomic mass is 10.1. The molecule has 13 heteroatoms. The van der Waals surface area contributed by atoms with Crippen LogP contribution < -0.4 is 16.2 Å². The van der Waals surface area contributed by atoms with Crippen molar-refractivity contribution in [2.75, 3.05) is 24.6 Å². The smallest absolute Gasteiger partial charge is 0.298 e. The summed E-state index contributed by atoms with van der Waals surface area (Å²) in [5, 5.41) is 41.8. The summed E-state index contributed by atoms with van der Waals surface area (Å²) in [6.45, 7) is 0.601. The van der Waals surface area contributed by atoms with Crippen LogP contribution in [0.2, 0.25) is 0 Å². The van der Waals surface area contributed by atoms with Crippen molar-refractivity contribution in [1.29, 1.82) is 0 Å². The molecule has 158 valence electrons. The molecule has 0 aromatic carbocycles. The van der Waals surface area contributed by atoms with Crippen molar-refractivity contribution in [2.45, 2.75) is 50.3 Å². The van der Waals surface area contributed by atoms with Gasteiger partial charge in [-0.2, -0.15) is 9.78 Å². The molecule has 2 aromatic rings. The topological polar surface area (TPSA) is 182 Å². The average molecular weight is 409 g/mol. The number of aliphatic hydroxyl groups excluding tert-OH is 3. The molecule has 2 aromatic heterocycles. The first kappa shape index (κ1) is 19.7. The first-order chi connectivity index (χ1) is 13.9. The highest BCUT2D eigenvalue weighted by Crippen LogP contribution is 2.29. The molecule has 29 heavy (non-hydrogen) atoms. The van der Waals surface area contributed by atoms with Gasteiger partial charge < -0.3 is 30.7 Å². The maximum atomic E-state index is 13.2. The summed E-state index contributed by atoms with van der Waals surface area (Å²) in [6, 6.07) is 0. The van der Waals surface area contributed by atoms with Gasteiger partial charge in [-0.05, 0) is 19.3 Å². The van der Waals surface area contributed by atoms with E-state index in [1.54, 1.807) is 0 Å². The fraction of sp³-hybridized carbons (Fsp3) is 0.688. The molecule has 5 N–H and O–H groups in total. The van der Waals surface area contributed by atoms with Crippen LogP contribution in [0.1, 0.15) is 25.5 Å². The third kappa shape index (κ3) is 3.35. The second kappa shape index (κ2) is 7.67. The minimum absolute atomic E-state index is 0.00267. The number of nitrogens with zero attached hydrogens (tertiary/aromatic N) is 6. The predicted octanol–water partition coefficient (Wildman–Crippen LogP) is -2.92. The quantitative estimate of drug-likeness (QED) is 0.399. The van der Waals surface area contributed by atoms with Crippen molar-refractivity contribution < 1.29 is 24.9 Å². The van der Waals surface area contributed by atoms with Gasteiger partial charge in [-0.3, -0.25) is 9.59 Å². The summed E-state index contributed by atoms with van der Waals surface area (Å²) in [6.07, 6.45) is -2.27. The highest BCUT2D eigenvalue weighted by atomic mass is 16.6. The van der Waals surface area contributed by atoms with Crippen LogP contribution in [0.25, 0.3) is 11.0 Å². The first-order valence-electron chi connectivity index (χ1n) is 9.44. The van der Waals surface area contributed by atoms with Crippen molar-refractivity contribution in [3.8, 4) is 0 Å². The molecular formula is C16H23N7O6. The van der Waals surface area contributed by atoms with Crippen LogP contribution in [0.3, 0.4) is 0 Å². The van der Waals surface area contributed by atoms with E-state index in [9.17, 15) is 24.9 Å². The Labute approximate surface area is 164 Å². The van der Waals surface area contributed by atoms with Crippen LogP contribution in [0.4, 0.5) is 5.82 Å². The van der Waals surface area contributed by atoms with Gasteiger partial charge in [-0.1, -0.05) is 5.21 Å². The van der Waals surface area contributed by atoms with Crippen LogP contribution >= 0.6 is 0 Å². The number of hydrogen-bond acceptors (Lipinski definition) is 10. The number of primary amides is 1. The Bertz CT molecular complexity index is 969. The van der Waals surface area contributed by atoms with E-state index in [2.05, 4.69) is 15.4 Å². The van der Waals surface area contributed by atoms with Crippen molar-refractivity contribution >= 4 is 22.8 Å². The number of amides is 1. The number of carbonyl (C=O) groups excluding carboxylic acids is 1. The molecule has 0 bridgehead atoms. The zero-order valence-electron chi connectivity index (χ0n) is 15.6. The van der Waals surface area contributed by atoms with Crippen molar-refractivity contribution in [1.82, 2.24) is 24.8 Å². The van der Waals surface area contributed by atoms with Crippen LogP contribution in [0.15, 0.2) is 4.79 Å². The molecule has 1 amide bonds. The Balaban J connectivity index is 1.82. The van der Waals surface area contributed by atoms with E-state index >= 15 is 0 Å². The van der Waals surface area contributed by atoms with E-state index in [1.807, 2.05) is 4.90 Å². The first-order valence-corrected chi connectivity index (χ1v) is 9.44. The molecule has 2 saturated heterocycles. The van der Waals surface area contributed by atoms with E-state index in [0.717, 1.165) is 37.0 Å². The van der Waals surface area contributed by atoms with Gasteiger partial charge in [0.05, 0.1) is 6.61 Å². The Morgan fingerprint density at radius 1 is 1.21 bits per heavy atom. The number of rotatable bonds is 5. The Hall–Kier alpha value is -2.61. The number of aliphatic hydroxyl groups is 3. The number of carbonyl (C=O) groups is 1. The van der Waals surface area contributed by atoms with Gasteiger partial charge in [0.25, 0.3) is 5.56 Å². The monoisotopic (exact) mass is 409 g/mol. The van der Waals surface area contributed by atoms with E-state index in [1.165, 1.54) is 4.68 Å². The lowest BCUT2D eigenvalue weighted by molar-refractivity contribution is -0.118. The molecule has 2 aliphatic heterocycles. The number of hydrogen-bond donors (Lipinski definition) is 4. The molecule has 4 rings (SSSR count). The molecule has 2 fully saturated rings. The molecule has 4 heterocycles. The van der Waals surface area contributed by atoms with Gasteiger partial charge in [0.2, 0.25) is 5.91 Å². The van der Waals surface area contributed by atoms with E-state index in [-0.39, 0.29) is 17.6 Å². The summed E-state index contributed by atoms with van der Waals surface area (Å²) >= 11 is 0. The number of piperidine rings is 1. The summed E-state index contributed by atoms with van der Waals surface area (Å²) in [4.78, 5) is 26.6.